The van der Waals surface area contributed by atoms with Crippen LogP contribution in [0.1, 0.15) is 51.1 Å². The van der Waals surface area contributed by atoms with E-state index in [0.29, 0.717) is 31.6 Å². The van der Waals surface area contributed by atoms with Gasteiger partial charge in [0.25, 0.3) is 11.8 Å². The third-order valence-electron chi connectivity index (χ3n) is 9.10. The molecule has 2 aromatic carbocycles. The minimum atomic E-state index is -1.16. The van der Waals surface area contributed by atoms with E-state index in [2.05, 4.69) is 11.5 Å². The molecule has 0 radical (unpaired) electrons. The highest BCUT2D eigenvalue weighted by molar-refractivity contribution is 6.21. The summed E-state index contributed by atoms with van der Waals surface area (Å²) in [4.78, 5) is 30.2. The summed E-state index contributed by atoms with van der Waals surface area (Å²) in [6.45, 7) is 6.43. The molecule has 3 fully saturated rings. The van der Waals surface area contributed by atoms with Gasteiger partial charge in [0.05, 0.1) is 34.2 Å². The number of aromatic hydroxyl groups is 1. The quantitative estimate of drug-likeness (QED) is 0.402. The van der Waals surface area contributed by atoms with Crippen molar-refractivity contribution >= 4 is 11.8 Å². The average Bonchev–Trinajstić information content (AvgIpc) is 3.13. The Morgan fingerprint density at radius 1 is 1.20 bits per heavy atom. The summed E-state index contributed by atoms with van der Waals surface area (Å²) >= 11 is 0. The molecular formula is C27H25FN2O5. The summed E-state index contributed by atoms with van der Waals surface area (Å²) in [6, 6.07) is 6.37. The first-order valence-electron chi connectivity index (χ1n) is 12.0. The van der Waals surface area contributed by atoms with Gasteiger partial charge in [0.15, 0.2) is 11.5 Å². The largest absolute Gasteiger partial charge is 0.504 e. The van der Waals surface area contributed by atoms with E-state index in [4.69, 9.17) is 4.74 Å². The molecule has 2 unspecified atom stereocenters. The second-order valence-corrected chi connectivity index (χ2v) is 10.5. The van der Waals surface area contributed by atoms with Gasteiger partial charge in [-0.1, -0.05) is 12.1 Å². The molecule has 3 heterocycles. The maximum absolute atomic E-state index is 13.9. The van der Waals surface area contributed by atoms with Crippen LogP contribution in [-0.4, -0.2) is 68.2 Å². The topological polar surface area (TPSA) is 90.1 Å². The van der Waals surface area contributed by atoms with Crippen LogP contribution >= 0.6 is 0 Å². The predicted octanol–water partition coefficient (Wildman–Crippen LogP) is 2.67. The first-order valence-corrected chi connectivity index (χ1v) is 12.0. The lowest BCUT2D eigenvalue weighted by atomic mass is 9.57. The van der Waals surface area contributed by atoms with Crippen molar-refractivity contribution in [2.24, 2.45) is 0 Å². The van der Waals surface area contributed by atoms with Gasteiger partial charge in [-0.25, -0.2) is 4.39 Å². The standard InChI is InChI=1S/C27H25FN2O5/c1-3-10-29-18-12-26-20-13(2)4-7-19(31)21(20)35-23(26)17(8-9-27(26,34)22(18)29)30-24(32)15-6-5-14(28)11-16(15)25(30)33/h3-7,11,17-18,22-23,31,34H,1,8-10,12H2,2H3/t17-,18?,22-,23+,26+,27-,29?/m1/s1. The first-order chi connectivity index (χ1) is 16.7. The SMILES string of the molecule is C=CCN1C2C[C@]34c5c(C)ccc(O)c5O[C@H]3[C@H](N3C(=O)c5ccc(F)cc5C3=O)CC[C@@]4(O)[C@@H]21. The number of carbonyl (C=O) groups excluding carboxylic acids is 2. The number of halogens is 1. The van der Waals surface area contributed by atoms with Gasteiger partial charge in [-0.05, 0) is 56.0 Å². The molecule has 180 valence electrons. The van der Waals surface area contributed by atoms with Crippen LogP contribution in [0.2, 0.25) is 0 Å². The van der Waals surface area contributed by atoms with Crippen LogP contribution in [0.25, 0.3) is 0 Å². The Bertz CT molecular complexity index is 1360. The highest BCUT2D eigenvalue weighted by Gasteiger charge is 2.81. The van der Waals surface area contributed by atoms with Crippen molar-refractivity contribution in [3.8, 4) is 11.5 Å². The average molecular weight is 477 g/mol. The molecule has 7 rings (SSSR count). The van der Waals surface area contributed by atoms with Gasteiger partial charge in [0, 0.05) is 18.2 Å². The second-order valence-electron chi connectivity index (χ2n) is 10.5. The van der Waals surface area contributed by atoms with Gasteiger partial charge in [-0.3, -0.25) is 19.4 Å². The minimum Gasteiger partial charge on any atom is -0.504 e. The van der Waals surface area contributed by atoms with Gasteiger partial charge in [0.2, 0.25) is 0 Å². The second kappa shape index (κ2) is 6.50. The van der Waals surface area contributed by atoms with Crippen LogP contribution < -0.4 is 4.74 Å². The summed E-state index contributed by atoms with van der Waals surface area (Å²) < 4.78 is 20.3. The number of benzene rings is 2. The van der Waals surface area contributed by atoms with Gasteiger partial charge in [-0.15, -0.1) is 6.58 Å². The molecule has 8 heteroatoms. The lowest BCUT2D eigenvalue weighted by Crippen LogP contribution is -2.68. The maximum atomic E-state index is 13.9. The van der Waals surface area contributed by atoms with Gasteiger partial charge < -0.3 is 14.9 Å². The summed E-state index contributed by atoms with van der Waals surface area (Å²) in [5.74, 6) is -1.31. The fraction of sp³-hybridized carbons (Fsp3) is 0.407. The zero-order valence-electron chi connectivity index (χ0n) is 19.2. The Kier molecular flexibility index (Phi) is 3.92. The first kappa shape index (κ1) is 21.1. The molecule has 7 atom stereocenters. The monoisotopic (exact) mass is 476 g/mol. The number of phenolic OH excluding ortho intramolecular Hbond substituents is 1. The summed E-state index contributed by atoms with van der Waals surface area (Å²) in [5.41, 5.74) is -0.167. The van der Waals surface area contributed by atoms with Crippen molar-refractivity contribution in [2.45, 2.75) is 61.4 Å². The van der Waals surface area contributed by atoms with Crippen LogP contribution in [0.15, 0.2) is 43.0 Å². The van der Waals surface area contributed by atoms with E-state index in [0.717, 1.165) is 17.2 Å². The lowest BCUT2D eigenvalue weighted by molar-refractivity contribution is -0.123. The number of nitrogens with zero attached hydrogens (tertiary/aromatic N) is 2. The molecule has 5 aliphatic rings. The number of hydrogen-bond acceptors (Lipinski definition) is 6. The number of imide groups is 1. The van der Waals surface area contributed by atoms with Crippen molar-refractivity contribution in [3.63, 3.8) is 0 Å². The zero-order chi connectivity index (χ0) is 24.4. The predicted molar refractivity (Wildman–Crippen MR) is 123 cm³/mol. The Labute approximate surface area is 201 Å². The van der Waals surface area contributed by atoms with E-state index < -0.39 is 40.8 Å². The van der Waals surface area contributed by atoms with Crippen LogP contribution in [0.4, 0.5) is 4.39 Å². The van der Waals surface area contributed by atoms with E-state index in [1.807, 2.05) is 19.1 Å². The Hall–Kier alpha value is -3.23. The van der Waals surface area contributed by atoms with E-state index >= 15 is 0 Å². The van der Waals surface area contributed by atoms with Crippen molar-refractivity contribution in [1.82, 2.24) is 9.80 Å². The molecule has 0 aromatic heterocycles. The minimum absolute atomic E-state index is 0.0246. The summed E-state index contributed by atoms with van der Waals surface area (Å²) in [7, 11) is 0. The van der Waals surface area contributed by atoms with Crippen molar-refractivity contribution in [2.75, 3.05) is 6.54 Å². The molecular weight excluding hydrogens is 451 g/mol. The van der Waals surface area contributed by atoms with Crippen LogP contribution in [0, 0.1) is 12.7 Å². The van der Waals surface area contributed by atoms with Gasteiger partial charge in [-0.2, -0.15) is 0 Å². The van der Waals surface area contributed by atoms with Crippen LogP contribution in [0.5, 0.6) is 11.5 Å². The van der Waals surface area contributed by atoms with E-state index in [1.165, 1.54) is 17.0 Å². The number of piperidine rings is 1. The number of carbonyl (C=O) groups is 2. The number of phenols is 1. The highest BCUT2D eigenvalue weighted by Crippen LogP contribution is 2.70. The molecule has 7 nitrogen and oxygen atoms in total. The van der Waals surface area contributed by atoms with Crippen molar-refractivity contribution in [3.05, 3.63) is 71.1 Å². The molecule has 2 amide bonds. The molecule has 2 N–H and O–H groups in total. The Morgan fingerprint density at radius 3 is 2.74 bits per heavy atom. The van der Waals surface area contributed by atoms with E-state index in [9.17, 15) is 24.2 Å². The van der Waals surface area contributed by atoms with Crippen molar-refractivity contribution < 1.29 is 28.9 Å². The van der Waals surface area contributed by atoms with Gasteiger partial charge >= 0.3 is 0 Å². The highest BCUT2D eigenvalue weighted by atomic mass is 19.1. The van der Waals surface area contributed by atoms with Crippen LogP contribution in [-0.2, 0) is 5.41 Å². The number of aryl methyl sites for hydroxylation is 1. The zero-order valence-corrected chi connectivity index (χ0v) is 19.2. The lowest BCUT2D eigenvalue weighted by Gasteiger charge is -2.53. The van der Waals surface area contributed by atoms with Crippen LogP contribution in [0.3, 0.4) is 0 Å². The number of hydrogen-bond donors (Lipinski definition) is 2. The number of rotatable bonds is 3. The molecule has 2 saturated carbocycles. The Morgan fingerprint density at radius 2 is 1.97 bits per heavy atom. The summed E-state index contributed by atoms with van der Waals surface area (Å²) in [6.07, 6.45) is 2.39. The molecule has 1 spiro atoms. The Balaban J connectivity index is 1.37. The molecule has 2 aliphatic carbocycles. The molecule has 0 bridgehead atoms. The molecule has 1 saturated heterocycles. The number of fused-ring (bicyclic) bond motifs is 4. The smallest absolute Gasteiger partial charge is 0.262 e. The number of aliphatic hydroxyl groups is 1. The number of ether oxygens (including phenoxy) is 1. The van der Waals surface area contributed by atoms with E-state index in [-0.39, 0.29) is 29.0 Å². The number of amides is 2. The fourth-order valence-corrected chi connectivity index (χ4v) is 7.81. The van der Waals surface area contributed by atoms with E-state index in [1.54, 1.807) is 6.07 Å². The van der Waals surface area contributed by atoms with Crippen molar-refractivity contribution in [1.29, 1.82) is 0 Å². The maximum Gasteiger partial charge on any atom is 0.262 e. The number of likely N-dealkylation sites (tertiary alicyclic amines) is 1. The third kappa shape index (κ3) is 2.28. The third-order valence-corrected chi connectivity index (χ3v) is 9.10. The normalized spacial score (nSPS) is 37.8. The molecule has 2 aromatic rings. The molecule has 3 aliphatic heterocycles. The summed E-state index contributed by atoms with van der Waals surface area (Å²) in [5, 5.41) is 23.1. The fourth-order valence-electron chi connectivity index (χ4n) is 7.81. The molecule has 35 heavy (non-hydrogen) atoms. The van der Waals surface area contributed by atoms with Gasteiger partial charge in [0.1, 0.15) is 11.9 Å².